The van der Waals surface area contributed by atoms with Crippen molar-refractivity contribution in [2.45, 2.75) is 64.7 Å². The second kappa shape index (κ2) is 12.5. The lowest BCUT2D eigenvalue weighted by Gasteiger charge is -2.24. The summed E-state index contributed by atoms with van der Waals surface area (Å²) in [5.41, 5.74) is 16.0. The van der Waals surface area contributed by atoms with Gasteiger partial charge in [0.2, 0.25) is 17.7 Å². The number of aliphatic imine (C=N–C) groups is 1. The topological polar surface area (TPSA) is 215 Å². The molecule has 4 unspecified atom stereocenters. The number of hydrogen-bond donors (Lipinski definition) is 7. The molecule has 29 heavy (non-hydrogen) atoms. The SMILES string of the molecule is CC(N)C(=O)NC(C)C(=O)NC(CCCN=C(N)N)C(=O)NC(C(=O)O)C(C)C. The lowest BCUT2D eigenvalue weighted by Crippen LogP contribution is -2.56. The van der Waals surface area contributed by atoms with Crippen LogP contribution in [-0.2, 0) is 19.2 Å². The molecule has 4 atom stereocenters. The van der Waals surface area contributed by atoms with Crippen LogP contribution in [0.3, 0.4) is 0 Å². The molecule has 12 nitrogen and oxygen atoms in total. The standard InChI is InChI=1S/C17H33N7O5/c1-8(2)12(16(28)29)24-15(27)11(6-5-7-21-17(19)20)23-14(26)10(4)22-13(25)9(3)18/h8-12H,5-7,18H2,1-4H3,(H,22,25)(H,23,26)(H,24,27)(H,28,29)(H4,19,20,21). The van der Waals surface area contributed by atoms with E-state index in [-0.39, 0.29) is 24.8 Å². The Balaban J connectivity index is 5.18. The molecule has 0 saturated heterocycles. The summed E-state index contributed by atoms with van der Waals surface area (Å²) in [6.45, 7) is 6.44. The van der Waals surface area contributed by atoms with Crippen LogP contribution >= 0.6 is 0 Å². The maximum Gasteiger partial charge on any atom is 0.326 e. The third kappa shape index (κ3) is 10.3. The van der Waals surface area contributed by atoms with E-state index in [4.69, 9.17) is 17.2 Å². The van der Waals surface area contributed by atoms with E-state index in [1.54, 1.807) is 13.8 Å². The van der Waals surface area contributed by atoms with E-state index < -0.39 is 47.9 Å². The largest absolute Gasteiger partial charge is 0.480 e. The number of carboxylic acid groups (broad SMARTS) is 1. The fourth-order valence-corrected chi connectivity index (χ4v) is 2.25. The first-order valence-corrected chi connectivity index (χ1v) is 9.31. The molecule has 0 spiro atoms. The Morgan fingerprint density at radius 1 is 0.931 bits per heavy atom. The van der Waals surface area contributed by atoms with Crippen molar-refractivity contribution >= 4 is 29.7 Å². The summed E-state index contributed by atoms with van der Waals surface area (Å²) in [5, 5.41) is 16.6. The van der Waals surface area contributed by atoms with Gasteiger partial charge in [0, 0.05) is 6.54 Å². The van der Waals surface area contributed by atoms with Crippen LogP contribution in [0.2, 0.25) is 0 Å². The van der Waals surface area contributed by atoms with E-state index in [0.717, 1.165) is 0 Å². The van der Waals surface area contributed by atoms with Gasteiger partial charge in [0.05, 0.1) is 6.04 Å². The minimum atomic E-state index is -1.18. The molecule has 0 heterocycles. The number of amides is 3. The lowest BCUT2D eigenvalue weighted by molar-refractivity contribution is -0.143. The first kappa shape index (κ1) is 26.1. The fourth-order valence-electron chi connectivity index (χ4n) is 2.25. The van der Waals surface area contributed by atoms with Gasteiger partial charge in [0.25, 0.3) is 0 Å². The molecule has 0 aromatic rings. The first-order valence-electron chi connectivity index (χ1n) is 9.31. The predicted molar refractivity (Wildman–Crippen MR) is 108 cm³/mol. The van der Waals surface area contributed by atoms with Crippen LogP contribution in [-0.4, -0.2) is 65.5 Å². The molecule has 0 bridgehead atoms. The summed E-state index contributed by atoms with van der Waals surface area (Å²) in [5.74, 6) is -3.44. The molecule has 0 rings (SSSR count). The summed E-state index contributed by atoms with van der Waals surface area (Å²) in [6.07, 6.45) is 0.517. The Morgan fingerprint density at radius 2 is 1.52 bits per heavy atom. The number of nitrogens with one attached hydrogen (secondary N) is 3. The molecule has 0 aliphatic carbocycles. The molecule has 0 aromatic heterocycles. The number of rotatable bonds is 12. The van der Waals surface area contributed by atoms with Gasteiger partial charge in [-0.2, -0.15) is 0 Å². The quantitative estimate of drug-likeness (QED) is 0.103. The van der Waals surface area contributed by atoms with Crippen molar-refractivity contribution in [2.75, 3.05) is 6.54 Å². The Bertz CT molecular complexity index is 617. The van der Waals surface area contributed by atoms with Crippen molar-refractivity contribution in [1.29, 1.82) is 0 Å². The number of nitrogens with zero attached hydrogens (tertiary/aromatic N) is 1. The molecule has 0 aromatic carbocycles. The van der Waals surface area contributed by atoms with E-state index in [1.807, 2.05) is 0 Å². The summed E-state index contributed by atoms with van der Waals surface area (Å²) < 4.78 is 0. The maximum absolute atomic E-state index is 12.6. The molecule has 3 amide bonds. The monoisotopic (exact) mass is 415 g/mol. The zero-order valence-electron chi connectivity index (χ0n) is 17.3. The third-order valence-corrected chi connectivity index (χ3v) is 3.97. The first-order chi connectivity index (χ1) is 13.4. The number of aliphatic carboxylic acids is 1. The highest BCUT2D eigenvalue weighted by atomic mass is 16.4. The molecular formula is C17H33N7O5. The third-order valence-electron chi connectivity index (χ3n) is 3.97. The average Bonchev–Trinajstić information content (AvgIpc) is 2.60. The van der Waals surface area contributed by atoms with Crippen LogP contribution in [0.4, 0.5) is 0 Å². The second-order valence-corrected chi connectivity index (χ2v) is 7.10. The number of carboxylic acids is 1. The molecular weight excluding hydrogens is 382 g/mol. The van der Waals surface area contributed by atoms with Gasteiger partial charge in [-0.05, 0) is 32.6 Å². The molecule has 0 radical (unpaired) electrons. The van der Waals surface area contributed by atoms with E-state index in [2.05, 4.69) is 20.9 Å². The van der Waals surface area contributed by atoms with Crippen LogP contribution in [0.15, 0.2) is 4.99 Å². The maximum atomic E-state index is 12.6. The zero-order chi connectivity index (χ0) is 22.7. The highest BCUT2D eigenvalue weighted by molar-refractivity contribution is 5.93. The van der Waals surface area contributed by atoms with Gasteiger partial charge in [0.1, 0.15) is 18.1 Å². The van der Waals surface area contributed by atoms with E-state index in [9.17, 15) is 24.3 Å². The van der Waals surface area contributed by atoms with Gasteiger partial charge >= 0.3 is 5.97 Å². The molecule has 0 fully saturated rings. The molecule has 0 aliphatic heterocycles. The van der Waals surface area contributed by atoms with Crippen molar-refractivity contribution in [3.05, 3.63) is 0 Å². The molecule has 0 aliphatic rings. The number of carbonyl (C=O) groups excluding carboxylic acids is 3. The minimum Gasteiger partial charge on any atom is -0.480 e. The van der Waals surface area contributed by atoms with Crippen LogP contribution in [0, 0.1) is 5.92 Å². The minimum absolute atomic E-state index is 0.104. The Labute approximate surface area is 170 Å². The number of hydrogen-bond acceptors (Lipinski definition) is 6. The van der Waals surface area contributed by atoms with Crippen molar-refractivity contribution in [2.24, 2.45) is 28.1 Å². The van der Waals surface area contributed by atoms with Gasteiger partial charge in [-0.3, -0.25) is 19.4 Å². The van der Waals surface area contributed by atoms with Gasteiger partial charge in [-0.1, -0.05) is 13.8 Å². The summed E-state index contributed by atoms with van der Waals surface area (Å²) in [4.78, 5) is 51.8. The Kier molecular flexibility index (Phi) is 11.3. The van der Waals surface area contributed by atoms with Crippen molar-refractivity contribution in [1.82, 2.24) is 16.0 Å². The van der Waals surface area contributed by atoms with E-state index >= 15 is 0 Å². The van der Waals surface area contributed by atoms with E-state index in [1.165, 1.54) is 13.8 Å². The summed E-state index contributed by atoms with van der Waals surface area (Å²) in [7, 11) is 0. The van der Waals surface area contributed by atoms with Gasteiger partial charge in [-0.15, -0.1) is 0 Å². The van der Waals surface area contributed by atoms with Crippen LogP contribution in [0.5, 0.6) is 0 Å². The lowest BCUT2D eigenvalue weighted by atomic mass is 10.0. The van der Waals surface area contributed by atoms with Gasteiger partial charge < -0.3 is 38.3 Å². The van der Waals surface area contributed by atoms with Crippen molar-refractivity contribution in [3.8, 4) is 0 Å². The van der Waals surface area contributed by atoms with Gasteiger partial charge in [0.15, 0.2) is 5.96 Å². The smallest absolute Gasteiger partial charge is 0.326 e. The molecule has 12 heteroatoms. The van der Waals surface area contributed by atoms with Crippen LogP contribution < -0.4 is 33.2 Å². The fraction of sp³-hybridized carbons (Fsp3) is 0.706. The number of guanidine groups is 1. The van der Waals surface area contributed by atoms with Crippen molar-refractivity contribution in [3.63, 3.8) is 0 Å². The zero-order valence-corrected chi connectivity index (χ0v) is 17.3. The Morgan fingerprint density at radius 3 is 1.97 bits per heavy atom. The highest BCUT2D eigenvalue weighted by Crippen LogP contribution is 2.05. The molecule has 0 saturated carbocycles. The second-order valence-electron chi connectivity index (χ2n) is 7.10. The summed E-state index contributed by atoms with van der Waals surface area (Å²) >= 11 is 0. The molecule has 10 N–H and O–H groups in total. The predicted octanol–water partition coefficient (Wildman–Crippen LogP) is -2.40. The highest BCUT2D eigenvalue weighted by Gasteiger charge is 2.29. The summed E-state index contributed by atoms with van der Waals surface area (Å²) in [6, 6.07) is -3.89. The normalized spacial score (nSPS) is 14.8. The number of carbonyl (C=O) groups is 4. The van der Waals surface area contributed by atoms with Crippen LogP contribution in [0.1, 0.15) is 40.5 Å². The molecule has 166 valence electrons. The van der Waals surface area contributed by atoms with Gasteiger partial charge in [-0.25, -0.2) is 4.79 Å². The Hall–Kier alpha value is -2.89. The van der Waals surface area contributed by atoms with E-state index in [0.29, 0.717) is 6.42 Å². The average molecular weight is 415 g/mol. The van der Waals surface area contributed by atoms with Crippen LogP contribution in [0.25, 0.3) is 0 Å². The number of nitrogens with two attached hydrogens (primary N) is 3. The van der Waals surface area contributed by atoms with Crippen molar-refractivity contribution < 1.29 is 24.3 Å².